The molecule has 0 bridgehead atoms. The standard InChI is InChI=1S/C21H23N3O3/c25-20(10-11-24-18-8-4-5-9-19(18)27-21(24)26)23-14-12-22(13-15-23)16-17-6-2-1-3-7-17/h1-9H,10-16H2. The van der Waals surface area contributed by atoms with Crippen molar-refractivity contribution in [1.29, 1.82) is 0 Å². The van der Waals surface area contributed by atoms with E-state index in [4.69, 9.17) is 4.42 Å². The van der Waals surface area contributed by atoms with Crippen molar-refractivity contribution in [2.75, 3.05) is 26.2 Å². The van der Waals surface area contributed by atoms with Gasteiger partial charge in [-0.3, -0.25) is 14.3 Å². The topological polar surface area (TPSA) is 58.7 Å². The molecule has 1 amide bonds. The molecule has 0 radical (unpaired) electrons. The largest absolute Gasteiger partial charge is 0.419 e. The number of nitrogens with zero attached hydrogens (tertiary/aromatic N) is 3. The number of piperazine rings is 1. The summed E-state index contributed by atoms with van der Waals surface area (Å²) in [6.45, 7) is 4.46. The van der Waals surface area contributed by atoms with Gasteiger partial charge >= 0.3 is 5.76 Å². The van der Waals surface area contributed by atoms with Crippen LogP contribution in [0, 0.1) is 0 Å². The Hall–Kier alpha value is -2.86. The number of hydrogen-bond acceptors (Lipinski definition) is 4. The van der Waals surface area contributed by atoms with Crippen LogP contribution in [0.1, 0.15) is 12.0 Å². The molecule has 6 heteroatoms. The Bertz CT molecular complexity index is 969. The lowest BCUT2D eigenvalue weighted by molar-refractivity contribution is -0.133. The third kappa shape index (κ3) is 3.95. The monoisotopic (exact) mass is 365 g/mol. The van der Waals surface area contributed by atoms with Crippen molar-refractivity contribution in [3.05, 3.63) is 70.7 Å². The molecule has 1 aliphatic heterocycles. The average Bonchev–Trinajstić information content (AvgIpc) is 3.02. The zero-order valence-electron chi connectivity index (χ0n) is 15.2. The van der Waals surface area contributed by atoms with Crippen molar-refractivity contribution in [2.45, 2.75) is 19.5 Å². The number of amides is 1. The van der Waals surface area contributed by atoms with Gasteiger partial charge in [0.1, 0.15) is 0 Å². The fraction of sp³-hybridized carbons (Fsp3) is 0.333. The third-order valence-electron chi connectivity index (χ3n) is 5.10. The van der Waals surface area contributed by atoms with Crippen LogP contribution < -0.4 is 5.76 Å². The number of para-hydroxylation sites is 2. The molecule has 0 atom stereocenters. The Morgan fingerprint density at radius 2 is 1.63 bits per heavy atom. The van der Waals surface area contributed by atoms with E-state index in [-0.39, 0.29) is 5.91 Å². The third-order valence-corrected chi connectivity index (χ3v) is 5.10. The first-order chi connectivity index (χ1) is 13.2. The maximum absolute atomic E-state index is 12.6. The molecule has 0 N–H and O–H groups in total. The quantitative estimate of drug-likeness (QED) is 0.696. The molecule has 1 aliphatic rings. The van der Waals surface area contributed by atoms with E-state index in [1.54, 1.807) is 10.6 Å². The van der Waals surface area contributed by atoms with Crippen molar-refractivity contribution < 1.29 is 9.21 Å². The predicted molar refractivity (Wildman–Crippen MR) is 103 cm³/mol. The van der Waals surface area contributed by atoms with Gasteiger partial charge in [0.2, 0.25) is 5.91 Å². The summed E-state index contributed by atoms with van der Waals surface area (Å²) in [7, 11) is 0. The van der Waals surface area contributed by atoms with E-state index in [1.165, 1.54) is 5.56 Å². The maximum Gasteiger partial charge on any atom is 0.419 e. The Morgan fingerprint density at radius 3 is 2.41 bits per heavy atom. The zero-order chi connectivity index (χ0) is 18.6. The second kappa shape index (κ2) is 7.80. The highest BCUT2D eigenvalue weighted by Crippen LogP contribution is 2.13. The van der Waals surface area contributed by atoms with Gasteiger partial charge in [-0.25, -0.2) is 4.79 Å². The lowest BCUT2D eigenvalue weighted by atomic mass is 10.2. The Labute approximate surface area is 157 Å². The fourth-order valence-corrected chi connectivity index (χ4v) is 3.59. The van der Waals surface area contributed by atoms with Gasteiger partial charge in [0, 0.05) is 45.7 Å². The number of aryl methyl sites for hydroxylation is 1. The van der Waals surface area contributed by atoms with Crippen molar-refractivity contribution in [3.8, 4) is 0 Å². The smallest absolute Gasteiger partial charge is 0.408 e. The minimum atomic E-state index is -0.406. The predicted octanol–water partition coefficient (Wildman–Crippen LogP) is 2.33. The van der Waals surface area contributed by atoms with E-state index >= 15 is 0 Å². The molecule has 0 saturated carbocycles. The number of carbonyl (C=O) groups is 1. The Morgan fingerprint density at radius 1 is 0.926 bits per heavy atom. The van der Waals surface area contributed by atoms with E-state index in [0.29, 0.717) is 18.5 Å². The molecule has 1 fully saturated rings. The van der Waals surface area contributed by atoms with Gasteiger partial charge in [-0.2, -0.15) is 0 Å². The lowest BCUT2D eigenvalue weighted by Gasteiger charge is -2.34. The van der Waals surface area contributed by atoms with Gasteiger partial charge in [-0.15, -0.1) is 0 Å². The molecule has 6 nitrogen and oxygen atoms in total. The normalized spacial score (nSPS) is 15.3. The Kier molecular flexibility index (Phi) is 5.07. The maximum atomic E-state index is 12.6. The van der Waals surface area contributed by atoms with Crippen molar-refractivity contribution in [2.24, 2.45) is 0 Å². The lowest BCUT2D eigenvalue weighted by Crippen LogP contribution is -2.48. The summed E-state index contributed by atoms with van der Waals surface area (Å²) >= 11 is 0. The molecule has 0 aliphatic carbocycles. The molecule has 0 unspecified atom stereocenters. The van der Waals surface area contributed by atoms with Crippen LogP contribution in [0.3, 0.4) is 0 Å². The summed E-state index contributed by atoms with van der Waals surface area (Å²) in [4.78, 5) is 28.8. The zero-order valence-corrected chi connectivity index (χ0v) is 15.2. The number of aromatic nitrogens is 1. The molecule has 4 rings (SSSR count). The molecule has 3 aromatic rings. The molecule has 1 aromatic heterocycles. The molecule has 2 aromatic carbocycles. The average molecular weight is 365 g/mol. The summed E-state index contributed by atoms with van der Waals surface area (Å²) in [5.74, 6) is -0.316. The van der Waals surface area contributed by atoms with Gasteiger partial charge in [-0.1, -0.05) is 42.5 Å². The summed E-state index contributed by atoms with van der Waals surface area (Å²) in [5.41, 5.74) is 2.59. The van der Waals surface area contributed by atoms with Crippen molar-refractivity contribution >= 4 is 17.0 Å². The highest BCUT2D eigenvalue weighted by atomic mass is 16.4. The van der Waals surface area contributed by atoms with Gasteiger partial charge in [-0.05, 0) is 17.7 Å². The summed E-state index contributed by atoms with van der Waals surface area (Å²) in [5, 5.41) is 0. The van der Waals surface area contributed by atoms with E-state index in [0.717, 1.165) is 38.2 Å². The van der Waals surface area contributed by atoms with Crippen LogP contribution in [-0.4, -0.2) is 46.5 Å². The van der Waals surface area contributed by atoms with E-state index in [1.807, 2.05) is 29.2 Å². The number of carbonyl (C=O) groups excluding carboxylic acids is 1. The summed E-state index contributed by atoms with van der Waals surface area (Å²) < 4.78 is 6.76. The summed E-state index contributed by atoms with van der Waals surface area (Å²) in [6.07, 6.45) is 0.308. The number of hydrogen-bond donors (Lipinski definition) is 0. The van der Waals surface area contributed by atoms with Crippen LogP contribution >= 0.6 is 0 Å². The Balaban J connectivity index is 1.31. The van der Waals surface area contributed by atoms with Crippen LogP contribution in [0.2, 0.25) is 0 Å². The molecule has 2 heterocycles. The molecule has 140 valence electrons. The van der Waals surface area contributed by atoms with E-state index in [9.17, 15) is 9.59 Å². The molecular formula is C21H23N3O3. The molecule has 1 saturated heterocycles. The van der Waals surface area contributed by atoms with Crippen LogP contribution in [0.4, 0.5) is 0 Å². The molecule has 0 spiro atoms. The SMILES string of the molecule is O=C(CCn1c(=O)oc2ccccc21)N1CCN(Cc2ccccc2)CC1. The number of benzene rings is 2. The molecule has 27 heavy (non-hydrogen) atoms. The number of oxazole rings is 1. The van der Waals surface area contributed by atoms with E-state index < -0.39 is 5.76 Å². The highest BCUT2D eigenvalue weighted by molar-refractivity contribution is 5.77. The highest BCUT2D eigenvalue weighted by Gasteiger charge is 2.21. The van der Waals surface area contributed by atoms with Crippen LogP contribution in [0.25, 0.3) is 11.1 Å². The second-order valence-electron chi connectivity index (χ2n) is 6.88. The van der Waals surface area contributed by atoms with E-state index in [2.05, 4.69) is 29.2 Å². The number of fused-ring (bicyclic) bond motifs is 1. The van der Waals surface area contributed by atoms with Crippen molar-refractivity contribution in [1.82, 2.24) is 14.4 Å². The van der Waals surface area contributed by atoms with Crippen LogP contribution in [0.15, 0.2) is 63.8 Å². The van der Waals surface area contributed by atoms with Crippen LogP contribution in [0.5, 0.6) is 0 Å². The van der Waals surface area contributed by atoms with Crippen LogP contribution in [-0.2, 0) is 17.9 Å². The van der Waals surface area contributed by atoms with Gasteiger partial charge < -0.3 is 9.32 Å². The number of rotatable bonds is 5. The second-order valence-corrected chi connectivity index (χ2v) is 6.88. The fourth-order valence-electron chi connectivity index (χ4n) is 3.59. The molecular weight excluding hydrogens is 342 g/mol. The van der Waals surface area contributed by atoms with Gasteiger partial charge in [0.05, 0.1) is 5.52 Å². The summed E-state index contributed by atoms with van der Waals surface area (Å²) in [6, 6.07) is 17.7. The van der Waals surface area contributed by atoms with Crippen molar-refractivity contribution in [3.63, 3.8) is 0 Å². The van der Waals surface area contributed by atoms with Gasteiger partial charge in [0.15, 0.2) is 5.58 Å². The minimum absolute atomic E-state index is 0.0894. The van der Waals surface area contributed by atoms with Gasteiger partial charge in [0.25, 0.3) is 0 Å². The minimum Gasteiger partial charge on any atom is -0.408 e. The first-order valence-electron chi connectivity index (χ1n) is 9.33. The first-order valence-corrected chi connectivity index (χ1v) is 9.33. The first kappa shape index (κ1) is 17.5.